The second-order valence-electron chi connectivity index (χ2n) is 4.61. The highest BCUT2D eigenvalue weighted by Gasteiger charge is 2.18. The fraction of sp³-hybridized carbons (Fsp3) is 0.267. The Bertz CT molecular complexity index is 553. The molecule has 2 rings (SSSR count). The van der Waals surface area contributed by atoms with Crippen LogP contribution in [0, 0.1) is 5.82 Å². The molecule has 1 atom stereocenters. The first-order valence-corrected chi connectivity index (χ1v) is 7.06. The van der Waals surface area contributed by atoms with Gasteiger partial charge in [0.05, 0.1) is 0 Å². The first-order chi connectivity index (χ1) is 9.08. The average Bonchev–Trinajstić information content (AvgIpc) is 2.89. The summed E-state index contributed by atoms with van der Waals surface area (Å²) >= 11 is 1.65. The first-order valence-electron chi connectivity index (χ1n) is 6.11. The molecule has 1 unspecified atom stereocenters. The van der Waals surface area contributed by atoms with E-state index in [4.69, 9.17) is 0 Å². The lowest BCUT2D eigenvalue weighted by atomic mass is 10.1. The van der Waals surface area contributed by atoms with Crippen molar-refractivity contribution in [2.75, 3.05) is 7.05 Å². The molecule has 1 amide bonds. The van der Waals surface area contributed by atoms with Gasteiger partial charge in [-0.25, -0.2) is 4.39 Å². The summed E-state index contributed by atoms with van der Waals surface area (Å²) in [5.74, 6) is -0.535. The number of carbonyl (C=O) groups excluding carboxylic acids is 1. The van der Waals surface area contributed by atoms with Crippen LogP contribution in [-0.2, 0) is 6.42 Å². The van der Waals surface area contributed by atoms with Crippen LogP contribution in [-0.4, -0.2) is 23.9 Å². The SMILES string of the molecule is CC(Cc1ccsc1)N(C)C(=O)c1cccc(F)c1. The molecule has 0 aliphatic heterocycles. The normalized spacial score (nSPS) is 12.2. The van der Waals surface area contributed by atoms with Gasteiger partial charge in [0.25, 0.3) is 5.91 Å². The highest BCUT2D eigenvalue weighted by molar-refractivity contribution is 7.07. The number of nitrogens with zero attached hydrogens (tertiary/aromatic N) is 1. The number of rotatable bonds is 4. The minimum absolute atomic E-state index is 0.0744. The number of thiophene rings is 1. The summed E-state index contributed by atoms with van der Waals surface area (Å²) < 4.78 is 13.1. The van der Waals surface area contributed by atoms with Crippen molar-refractivity contribution in [1.29, 1.82) is 0 Å². The van der Waals surface area contributed by atoms with Crippen molar-refractivity contribution in [2.45, 2.75) is 19.4 Å². The largest absolute Gasteiger partial charge is 0.339 e. The molecule has 0 aliphatic carbocycles. The predicted octanol–water partition coefficient (Wildman–Crippen LogP) is 3.59. The van der Waals surface area contributed by atoms with E-state index in [0.29, 0.717) is 5.56 Å². The van der Waals surface area contributed by atoms with Crippen LogP contribution < -0.4 is 0 Å². The van der Waals surface area contributed by atoms with Gasteiger partial charge in [0.15, 0.2) is 0 Å². The number of benzene rings is 1. The Hall–Kier alpha value is -1.68. The number of halogens is 1. The summed E-state index contributed by atoms with van der Waals surface area (Å²) in [5, 5.41) is 4.10. The molecule has 0 fully saturated rings. The zero-order valence-electron chi connectivity index (χ0n) is 11.0. The van der Waals surface area contributed by atoms with Gasteiger partial charge >= 0.3 is 0 Å². The third kappa shape index (κ3) is 3.41. The third-order valence-corrected chi connectivity index (χ3v) is 3.90. The van der Waals surface area contributed by atoms with E-state index in [0.717, 1.165) is 6.42 Å². The van der Waals surface area contributed by atoms with Crippen LogP contribution in [0.15, 0.2) is 41.1 Å². The van der Waals surface area contributed by atoms with Crippen molar-refractivity contribution in [2.24, 2.45) is 0 Å². The number of amides is 1. The van der Waals surface area contributed by atoms with Gasteiger partial charge in [-0.15, -0.1) is 0 Å². The highest BCUT2D eigenvalue weighted by atomic mass is 32.1. The molecule has 2 nitrogen and oxygen atoms in total. The molecule has 1 aromatic carbocycles. The van der Waals surface area contributed by atoms with Crippen LogP contribution in [0.4, 0.5) is 4.39 Å². The zero-order valence-corrected chi connectivity index (χ0v) is 11.8. The molecule has 0 spiro atoms. The molecule has 19 heavy (non-hydrogen) atoms. The summed E-state index contributed by atoms with van der Waals surface area (Å²) in [4.78, 5) is 13.9. The van der Waals surface area contributed by atoms with E-state index in [1.807, 2.05) is 12.3 Å². The molecule has 1 heterocycles. The van der Waals surface area contributed by atoms with Gasteiger partial charge in [-0.3, -0.25) is 4.79 Å². The number of hydrogen-bond acceptors (Lipinski definition) is 2. The van der Waals surface area contributed by atoms with E-state index in [2.05, 4.69) is 11.4 Å². The van der Waals surface area contributed by atoms with E-state index in [-0.39, 0.29) is 17.8 Å². The molecule has 0 saturated carbocycles. The Kier molecular flexibility index (Phi) is 4.32. The smallest absolute Gasteiger partial charge is 0.253 e. The summed E-state index contributed by atoms with van der Waals surface area (Å²) in [6.45, 7) is 1.99. The molecule has 0 N–H and O–H groups in total. The second kappa shape index (κ2) is 5.97. The van der Waals surface area contributed by atoms with E-state index in [1.54, 1.807) is 35.4 Å². The van der Waals surface area contributed by atoms with Gasteiger partial charge in [0, 0.05) is 18.7 Å². The predicted molar refractivity (Wildman–Crippen MR) is 76.0 cm³/mol. The molecule has 4 heteroatoms. The van der Waals surface area contributed by atoms with E-state index >= 15 is 0 Å². The fourth-order valence-corrected chi connectivity index (χ4v) is 2.59. The summed E-state index contributed by atoms with van der Waals surface area (Å²) in [6, 6.07) is 7.94. The standard InChI is InChI=1S/C15H16FNOS/c1-11(8-12-6-7-19-10-12)17(2)15(18)13-4-3-5-14(16)9-13/h3-7,9-11H,8H2,1-2H3. The summed E-state index contributed by atoms with van der Waals surface area (Å²) in [6.07, 6.45) is 0.807. The Labute approximate surface area is 116 Å². The second-order valence-corrected chi connectivity index (χ2v) is 5.39. The van der Waals surface area contributed by atoms with Gasteiger partial charge < -0.3 is 4.90 Å². The van der Waals surface area contributed by atoms with Crippen LogP contribution in [0.1, 0.15) is 22.8 Å². The Morgan fingerprint density at radius 3 is 2.84 bits per heavy atom. The average molecular weight is 277 g/mol. The molecule has 2 aromatic rings. The van der Waals surface area contributed by atoms with Gasteiger partial charge in [0.2, 0.25) is 0 Å². The topological polar surface area (TPSA) is 20.3 Å². The maximum Gasteiger partial charge on any atom is 0.253 e. The lowest BCUT2D eigenvalue weighted by Gasteiger charge is -2.24. The minimum atomic E-state index is -0.385. The molecule has 100 valence electrons. The van der Waals surface area contributed by atoms with Gasteiger partial charge in [-0.1, -0.05) is 6.07 Å². The maximum absolute atomic E-state index is 13.1. The first kappa shape index (κ1) is 13.7. The van der Waals surface area contributed by atoms with Crippen molar-refractivity contribution in [3.63, 3.8) is 0 Å². The van der Waals surface area contributed by atoms with Crippen LogP contribution in [0.2, 0.25) is 0 Å². The molecule has 0 radical (unpaired) electrons. The molecular formula is C15H16FNOS. The number of carbonyl (C=O) groups is 1. The number of hydrogen-bond donors (Lipinski definition) is 0. The lowest BCUT2D eigenvalue weighted by molar-refractivity contribution is 0.0743. The monoisotopic (exact) mass is 277 g/mol. The van der Waals surface area contributed by atoms with Crippen molar-refractivity contribution in [3.05, 3.63) is 58.0 Å². The molecular weight excluding hydrogens is 261 g/mol. The Morgan fingerprint density at radius 2 is 2.21 bits per heavy atom. The summed E-state index contributed by atoms with van der Waals surface area (Å²) in [7, 11) is 1.75. The van der Waals surface area contributed by atoms with Gasteiger partial charge in [-0.2, -0.15) is 11.3 Å². The van der Waals surface area contributed by atoms with Gasteiger partial charge in [-0.05, 0) is 53.9 Å². The molecule has 1 aromatic heterocycles. The molecule has 0 saturated heterocycles. The maximum atomic E-state index is 13.1. The Morgan fingerprint density at radius 1 is 1.42 bits per heavy atom. The Balaban J connectivity index is 2.06. The molecule has 0 aliphatic rings. The van der Waals surface area contributed by atoms with Crippen molar-refractivity contribution in [3.8, 4) is 0 Å². The third-order valence-electron chi connectivity index (χ3n) is 3.16. The van der Waals surface area contributed by atoms with Crippen LogP contribution >= 0.6 is 11.3 Å². The fourth-order valence-electron chi connectivity index (χ4n) is 1.91. The van der Waals surface area contributed by atoms with E-state index in [1.165, 1.54) is 17.7 Å². The van der Waals surface area contributed by atoms with Crippen LogP contribution in [0.25, 0.3) is 0 Å². The number of likely N-dealkylation sites (N-methyl/N-ethyl adjacent to an activating group) is 1. The summed E-state index contributed by atoms with van der Waals surface area (Å²) in [5.41, 5.74) is 1.61. The minimum Gasteiger partial charge on any atom is -0.339 e. The quantitative estimate of drug-likeness (QED) is 0.836. The lowest BCUT2D eigenvalue weighted by Crippen LogP contribution is -2.36. The molecule has 0 bridgehead atoms. The highest BCUT2D eigenvalue weighted by Crippen LogP contribution is 2.14. The van der Waals surface area contributed by atoms with Crippen molar-refractivity contribution < 1.29 is 9.18 Å². The van der Waals surface area contributed by atoms with E-state index < -0.39 is 0 Å². The zero-order chi connectivity index (χ0) is 13.8. The van der Waals surface area contributed by atoms with Crippen molar-refractivity contribution in [1.82, 2.24) is 4.90 Å². The van der Waals surface area contributed by atoms with Gasteiger partial charge in [0.1, 0.15) is 5.82 Å². The van der Waals surface area contributed by atoms with Crippen LogP contribution in [0.3, 0.4) is 0 Å². The van der Waals surface area contributed by atoms with Crippen LogP contribution in [0.5, 0.6) is 0 Å². The van der Waals surface area contributed by atoms with Crippen molar-refractivity contribution >= 4 is 17.2 Å². The van der Waals surface area contributed by atoms with E-state index in [9.17, 15) is 9.18 Å².